The highest BCUT2D eigenvalue weighted by Crippen LogP contribution is 2.25. The Bertz CT molecular complexity index is 377. The Morgan fingerprint density at radius 2 is 2.05 bits per heavy atom. The molecule has 0 aliphatic rings. The van der Waals surface area contributed by atoms with E-state index in [0.29, 0.717) is 12.3 Å². The van der Waals surface area contributed by atoms with Gasteiger partial charge >= 0.3 is 6.61 Å². The van der Waals surface area contributed by atoms with Crippen LogP contribution >= 0.6 is 0 Å². The number of halogens is 2. The molecule has 114 valence electrons. The van der Waals surface area contributed by atoms with Crippen molar-refractivity contribution in [2.24, 2.45) is 0 Å². The van der Waals surface area contributed by atoms with Gasteiger partial charge in [0.05, 0.1) is 18.4 Å². The van der Waals surface area contributed by atoms with Crippen LogP contribution in [0.4, 0.5) is 14.5 Å². The predicted octanol–water partition coefficient (Wildman–Crippen LogP) is 2.88. The van der Waals surface area contributed by atoms with Crippen molar-refractivity contribution in [1.29, 1.82) is 0 Å². The standard InChI is InChI=1S/C14H21F2NO3/c1-2-3-8-19-10-11(18)9-17-12-6-4-5-7-13(12)20-14(15)16/h4-7,11,14,17-18H,2-3,8-10H2,1H3. The normalized spacial score (nSPS) is 12.4. The highest BCUT2D eigenvalue weighted by atomic mass is 19.3. The summed E-state index contributed by atoms with van der Waals surface area (Å²) >= 11 is 0. The van der Waals surface area contributed by atoms with Crippen molar-refractivity contribution < 1.29 is 23.4 Å². The van der Waals surface area contributed by atoms with Crippen molar-refractivity contribution in [3.8, 4) is 5.75 Å². The van der Waals surface area contributed by atoms with Gasteiger partial charge in [0, 0.05) is 13.2 Å². The van der Waals surface area contributed by atoms with Crippen molar-refractivity contribution >= 4 is 5.69 Å². The first kappa shape index (κ1) is 16.7. The van der Waals surface area contributed by atoms with Crippen molar-refractivity contribution in [3.63, 3.8) is 0 Å². The molecule has 0 spiro atoms. The molecule has 0 heterocycles. The second kappa shape index (κ2) is 9.50. The van der Waals surface area contributed by atoms with E-state index in [2.05, 4.69) is 17.0 Å². The first-order valence-electron chi connectivity index (χ1n) is 6.67. The van der Waals surface area contributed by atoms with Gasteiger partial charge in [-0.15, -0.1) is 0 Å². The van der Waals surface area contributed by atoms with Crippen LogP contribution in [0.5, 0.6) is 5.75 Å². The molecular formula is C14H21F2NO3. The molecule has 0 saturated heterocycles. The number of aliphatic hydroxyl groups is 1. The predicted molar refractivity (Wildman–Crippen MR) is 73.3 cm³/mol. The van der Waals surface area contributed by atoms with Crippen molar-refractivity contribution in [3.05, 3.63) is 24.3 Å². The summed E-state index contributed by atoms with van der Waals surface area (Å²) in [6.45, 7) is 0.209. The van der Waals surface area contributed by atoms with E-state index in [-0.39, 0.29) is 18.9 Å². The molecule has 1 atom stereocenters. The van der Waals surface area contributed by atoms with Crippen molar-refractivity contribution in [2.75, 3.05) is 25.1 Å². The van der Waals surface area contributed by atoms with Gasteiger partial charge in [0.2, 0.25) is 0 Å². The second-order valence-corrected chi connectivity index (χ2v) is 4.34. The molecule has 1 rings (SSSR count). The molecule has 0 amide bonds. The van der Waals surface area contributed by atoms with Crippen LogP contribution in [0.1, 0.15) is 19.8 Å². The number of benzene rings is 1. The summed E-state index contributed by atoms with van der Waals surface area (Å²) in [4.78, 5) is 0. The van der Waals surface area contributed by atoms with Gasteiger partial charge in [-0.3, -0.25) is 0 Å². The third-order valence-electron chi connectivity index (χ3n) is 2.58. The minimum absolute atomic E-state index is 0.0570. The van der Waals surface area contributed by atoms with E-state index in [1.165, 1.54) is 6.07 Å². The number of ether oxygens (including phenoxy) is 2. The third kappa shape index (κ3) is 6.68. The SMILES string of the molecule is CCCCOCC(O)CNc1ccccc1OC(F)F. The molecule has 20 heavy (non-hydrogen) atoms. The number of hydrogen-bond acceptors (Lipinski definition) is 4. The topological polar surface area (TPSA) is 50.7 Å². The fourth-order valence-corrected chi connectivity index (χ4v) is 1.56. The summed E-state index contributed by atoms with van der Waals surface area (Å²) in [6, 6.07) is 6.36. The van der Waals surface area contributed by atoms with Crippen molar-refractivity contribution in [2.45, 2.75) is 32.5 Å². The van der Waals surface area contributed by atoms with E-state index in [1.807, 2.05) is 0 Å². The second-order valence-electron chi connectivity index (χ2n) is 4.34. The molecule has 0 fully saturated rings. The van der Waals surface area contributed by atoms with Crippen LogP contribution in [0.25, 0.3) is 0 Å². The Kier molecular flexibility index (Phi) is 7.91. The van der Waals surface area contributed by atoms with E-state index in [1.54, 1.807) is 18.2 Å². The Hall–Kier alpha value is -1.40. The maximum Gasteiger partial charge on any atom is 0.387 e. The highest BCUT2D eigenvalue weighted by molar-refractivity contribution is 5.56. The van der Waals surface area contributed by atoms with Gasteiger partial charge in [-0.05, 0) is 18.6 Å². The van der Waals surface area contributed by atoms with E-state index in [9.17, 15) is 13.9 Å². The van der Waals surface area contributed by atoms with Crippen LogP contribution in [0.2, 0.25) is 0 Å². The van der Waals surface area contributed by atoms with Gasteiger partial charge in [-0.2, -0.15) is 8.78 Å². The maximum absolute atomic E-state index is 12.2. The molecule has 0 saturated carbocycles. The number of nitrogens with one attached hydrogen (secondary N) is 1. The van der Waals surface area contributed by atoms with Crippen LogP contribution in [-0.2, 0) is 4.74 Å². The number of rotatable bonds is 10. The Morgan fingerprint density at radius 1 is 1.30 bits per heavy atom. The van der Waals surface area contributed by atoms with Crippen LogP contribution in [0.15, 0.2) is 24.3 Å². The lowest BCUT2D eigenvalue weighted by molar-refractivity contribution is -0.0493. The molecule has 0 bridgehead atoms. The van der Waals surface area contributed by atoms with Gasteiger partial charge in [0.1, 0.15) is 5.75 Å². The molecule has 1 aromatic rings. The molecule has 0 radical (unpaired) electrons. The van der Waals surface area contributed by atoms with Gasteiger partial charge < -0.3 is 19.9 Å². The summed E-state index contributed by atoms with van der Waals surface area (Å²) in [7, 11) is 0. The molecule has 2 N–H and O–H groups in total. The number of hydrogen-bond donors (Lipinski definition) is 2. The summed E-state index contributed by atoms with van der Waals surface area (Å²) in [5.41, 5.74) is 0.417. The summed E-state index contributed by atoms with van der Waals surface area (Å²) in [5.74, 6) is 0.0570. The Labute approximate surface area is 117 Å². The van der Waals surface area contributed by atoms with Gasteiger partial charge in [0.25, 0.3) is 0 Å². The van der Waals surface area contributed by atoms with Gasteiger partial charge in [0.15, 0.2) is 0 Å². The van der Waals surface area contributed by atoms with E-state index < -0.39 is 12.7 Å². The van der Waals surface area contributed by atoms with E-state index in [0.717, 1.165) is 12.8 Å². The average Bonchev–Trinajstić information content (AvgIpc) is 2.42. The third-order valence-corrected chi connectivity index (χ3v) is 2.58. The summed E-state index contributed by atoms with van der Waals surface area (Å²) in [5, 5.41) is 12.6. The largest absolute Gasteiger partial charge is 0.433 e. The Morgan fingerprint density at radius 3 is 2.75 bits per heavy atom. The molecule has 0 aromatic heterocycles. The molecule has 4 nitrogen and oxygen atoms in total. The zero-order valence-electron chi connectivity index (χ0n) is 11.5. The number of alkyl halides is 2. The molecule has 1 aromatic carbocycles. The van der Waals surface area contributed by atoms with Crippen LogP contribution in [0, 0.1) is 0 Å². The Balaban J connectivity index is 2.37. The minimum Gasteiger partial charge on any atom is -0.433 e. The fourth-order valence-electron chi connectivity index (χ4n) is 1.56. The first-order valence-corrected chi connectivity index (χ1v) is 6.67. The quantitative estimate of drug-likeness (QED) is 0.650. The molecular weight excluding hydrogens is 268 g/mol. The lowest BCUT2D eigenvalue weighted by Crippen LogP contribution is -2.25. The van der Waals surface area contributed by atoms with Crippen molar-refractivity contribution in [1.82, 2.24) is 0 Å². The number of anilines is 1. The lowest BCUT2D eigenvalue weighted by Gasteiger charge is -2.15. The van der Waals surface area contributed by atoms with Crippen LogP contribution in [-0.4, -0.2) is 37.6 Å². The van der Waals surface area contributed by atoms with Gasteiger partial charge in [-0.25, -0.2) is 0 Å². The highest BCUT2D eigenvalue weighted by Gasteiger charge is 2.10. The van der Waals surface area contributed by atoms with E-state index in [4.69, 9.17) is 4.74 Å². The first-order chi connectivity index (χ1) is 9.63. The fraction of sp³-hybridized carbons (Fsp3) is 0.571. The van der Waals surface area contributed by atoms with Crippen LogP contribution in [0.3, 0.4) is 0 Å². The lowest BCUT2D eigenvalue weighted by atomic mass is 10.2. The molecule has 1 unspecified atom stereocenters. The average molecular weight is 289 g/mol. The summed E-state index contributed by atoms with van der Waals surface area (Å²) in [6.07, 6.45) is 1.28. The van der Waals surface area contributed by atoms with E-state index >= 15 is 0 Å². The number of unbranched alkanes of at least 4 members (excludes halogenated alkanes) is 1. The minimum atomic E-state index is -2.87. The smallest absolute Gasteiger partial charge is 0.387 e. The molecule has 0 aliphatic heterocycles. The summed E-state index contributed by atoms with van der Waals surface area (Å²) < 4.78 is 34.1. The monoisotopic (exact) mass is 289 g/mol. The molecule has 0 aliphatic carbocycles. The zero-order chi connectivity index (χ0) is 14.8. The molecule has 6 heteroatoms. The zero-order valence-corrected chi connectivity index (χ0v) is 11.5. The number of para-hydroxylation sites is 2. The number of aliphatic hydroxyl groups excluding tert-OH is 1. The van der Waals surface area contributed by atoms with Gasteiger partial charge in [-0.1, -0.05) is 25.5 Å². The van der Waals surface area contributed by atoms with Crippen LogP contribution < -0.4 is 10.1 Å². The maximum atomic E-state index is 12.2.